The summed E-state index contributed by atoms with van der Waals surface area (Å²) in [6.07, 6.45) is 0. The van der Waals surface area contributed by atoms with Crippen molar-refractivity contribution in [2.24, 2.45) is 0 Å². The SMILES string of the molecule is CC(=O)c1cc(C)cc2c(C)c(C)[nH]c12. The Morgan fingerprint density at radius 2 is 1.87 bits per heavy atom. The zero-order valence-corrected chi connectivity index (χ0v) is 9.56. The maximum Gasteiger partial charge on any atom is 0.161 e. The summed E-state index contributed by atoms with van der Waals surface area (Å²) in [6.45, 7) is 7.75. The molecule has 0 aliphatic rings. The highest BCUT2D eigenvalue weighted by atomic mass is 16.1. The van der Waals surface area contributed by atoms with Crippen LogP contribution in [-0.4, -0.2) is 10.8 Å². The number of aromatic amines is 1. The average molecular weight is 201 g/mol. The number of hydrogen-bond acceptors (Lipinski definition) is 1. The van der Waals surface area contributed by atoms with Gasteiger partial charge in [0, 0.05) is 16.6 Å². The number of carbonyl (C=O) groups excluding carboxylic acids is 1. The molecule has 1 heterocycles. The molecule has 15 heavy (non-hydrogen) atoms. The molecule has 1 aromatic carbocycles. The monoisotopic (exact) mass is 201 g/mol. The Balaban J connectivity index is 2.92. The van der Waals surface area contributed by atoms with E-state index in [0.717, 1.165) is 27.7 Å². The minimum Gasteiger partial charge on any atom is -0.358 e. The molecule has 2 aromatic rings. The van der Waals surface area contributed by atoms with Crippen LogP contribution in [0.4, 0.5) is 0 Å². The van der Waals surface area contributed by atoms with Gasteiger partial charge < -0.3 is 4.98 Å². The third-order valence-corrected chi connectivity index (χ3v) is 2.94. The Labute approximate surface area is 89.3 Å². The van der Waals surface area contributed by atoms with E-state index >= 15 is 0 Å². The van der Waals surface area contributed by atoms with Gasteiger partial charge in [0.15, 0.2) is 5.78 Å². The lowest BCUT2D eigenvalue weighted by molar-refractivity contribution is 0.101. The van der Waals surface area contributed by atoms with E-state index in [2.05, 4.69) is 18.0 Å². The fourth-order valence-corrected chi connectivity index (χ4v) is 1.98. The van der Waals surface area contributed by atoms with E-state index in [1.807, 2.05) is 19.9 Å². The lowest BCUT2D eigenvalue weighted by Crippen LogP contribution is -1.94. The molecule has 0 radical (unpaired) electrons. The average Bonchev–Trinajstić information content (AvgIpc) is 2.43. The molecule has 0 amide bonds. The summed E-state index contributed by atoms with van der Waals surface area (Å²) in [7, 11) is 0. The van der Waals surface area contributed by atoms with Crippen molar-refractivity contribution in [3.63, 3.8) is 0 Å². The first-order valence-corrected chi connectivity index (χ1v) is 5.11. The second-order valence-electron chi connectivity index (χ2n) is 4.17. The molecule has 0 aliphatic carbocycles. The molecule has 2 rings (SSSR count). The van der Waals surface area contributed by atoms with Crippen LogP contribution in [0.2, 0.25) is 0 Å². The van der Waals surface area contributed by atoms with Crippen LogP contribution in [0.1, 0.15) is 34.1 Å². The van der Waals surface area contributed by atoms with Gasteiger partial charge in [-0.25, -0.2) is 0 Å². The summed E-state index contributed by atoms with van der Waals surface area (Å²) in [5.41, 5.74) is 5.27. The fraction of sp³-hybridized carbons (Fsp3) is 0.308. The van der Waals surface area contributed by atoms with Crippen molar-refractivity contribution in [3.8, 4) is 0 Å². The number of aromatic nitrogens is 1. The van der Waals surface area contributed by atoms with Gasteiger partial charge in [-0.1, -0.05) is 0 Å². The first-order valence-electron chi connectivity index (χ1n) is 5.11. The van der Waals surface area contributed by atoms with E-state index in [1.54, 1.807) is 6.92 Å². The Hall–Kier alpha value is -1.57. The molecule has 0 saturated heterocycles. The number of H-pyrrole nitrogens is 1. The van der Waals surface area contributed by atoms with Crippen LogP contribution < -0.4 is 0 Å². The van der Waals surface area contributed by atoms with Crippen molar-refractivity contribution in [1.82, 2.24) is 4.98 Å². The molecule has 0 spiro atoms. The van der Waals surface area contributed by atoms with Crippen LogP contribution in [0, 0.1) is 20.8 Å². The highest BCUT2D eigenvalue weighted by Gasteiger charge is 2.11. The second kappa shape index (κ2) is 3.23. The number of aryl methyl sites for hydroxylation is 3. The van der Waals surface area contributed by atoms with Crippen molar-refractivity contribution < 1.29 is 4.79 Å². The quantitative estimate of drug-likeness (QED) is 0.705. The van der Waals surface area contributed by atoms with Gasteiger partial charge in [-0.2, -0.15) is 0 Å². The molecule has 0 unspecified atom stereocenters. The number of fused-ring (bicyclic) bond motifs is 1. The van der Waals surface area contributed by atoms with E-state index in [4.69, 9.17) is 0 Å². The number of benzene rings is 1. The highest BCUT2D eigenvalue weighted by Crippen LogP contribution is 2.26. The van der Waals surface area contributed by atoms with E-state index < -0.39 is 0 Å². The van der Waals surface area contributed by atoms with Crippen LogP contribution in [0.15, 0.2) is 12.1 Å². The number of ketones is 1. The van der Waals surface area contributed by atoms with Crippen molar-refractivity contribution in [2.45, 2.75) is 27.7 Å². The van der Waals surface area contributed by atoms with E-state index in [1.165, 1.54) is 5.56 Å². The molecule has 0 bridgehead atoms. The number of Topliss-reactive ketones (excluding diaryl/α,β-unsaturated/α-hetero) is 1. The smallest absolute Gasteiger partial charge is 0.161 e. The first-order chi connectivity index (χ1) is 7.00. The lowest BCUT2D eigenvalue weighted by Gasteiger charge is -2.01. The van der Waals surface area contributed by atoms with E-state index in [0.29, 0.717) is 0 Å². The second-order valence-corrected chi connectivity index (χ2v) is 4.17. The van der Waals surface area contributed by atoms with Crippen LogP contribution >= 0.6 is 0 Å². The van der Waals surface area contributed by atoms with E-state index in [9.17, 15) is 4.79 Å². The van der Waals surface area contributed by atoms with Gasteiger partial charge in [0.2, 0.25) is 0 Å². The molecular weight excluding hydrogens is 186 g/mol. The molecule has 78 valence electrons. The van der Waals surface area contributed by atoms with Gasteiger partial charge >= 0.3 is 0 Å². The minimum absolute atomic E-state index is 0.116. The number of nitrogens with one attached hydrogen (secondary N) is 1. The van der Waals surface area contributed by atoms with Crippen molar-refractivity contribution in [3.05, 3.63) is 34.5 Å². The molecule has 0 fully saturated rings. The van der Waals surface area contributed by atoms with E-state index in [-0.39, 0.29) is 5.78 Å². The summed E-state index contributed by atoms with van der Waals surface area (Å²) in [5.74, 6) is 0.116. The topological polar surface area (TPSA) is 32.9 Å². The third-order valence-electron chi connectivity index (χ3n) is 2.94. The summed E-state index contributed by atoms with van der Waals surface area (Å²) in [4.78, 5) is 14.8. The predicted octanol–water partition coefficient (Wildman–Crippen LogP) is 3.30. The molecule has 0 aliphatic heterocycles. The highest BCUT2D eigenvalue weighted by molar-refractivity contribution is 6.07. The predicted molar refractivity (Wildman–Crippen MR) is 62.5 cm³/mol. The number of rotatable bonds is 1. The van der Waals surface area contributed by atoms with Crippen LogP contribution in [0.25, 0.3) is 10.9 Å². The lowest BCUT2D eigenvalue weighted by atomic mass is 10.0. The van der Waals surface area contributed by atoms with Crippen molar-refractivity contribution >= 4 is 16.7 Å². The molecule has 1 aromatic heterocycles. The van der Waals surface area contributed by atoms with Crippen LogP contribution in [0.5, 0.6) is 0 Å². The summed E-state index contributed by atoms with van der Waals surface area (Å²) in [6, 6.07) is 4.07. The van der Waals surface area contributed by atoms with Crippen LogP contribution in [-0.2, 0) is 0 Å². The zero-order chi connectivity index (χ0) is 11.2. The standard InChI is InChI=1S/C13H15NO/c1-7-5-11-8(2)9(3)14-13(11)12(6-7)10(4)15/h5-6,14H,1-4H3. The molecular formula is C13H15NO. The van der Waals surface area contributed by atoms with Gasteiger partial charge in [-0.15, -0.1) is 0 Å². The molecule has 1 N–H and O–H groups in total. The Morgan fingerprint density at radius 1 is 1.20 bits per heavy atom. The Morgan fingerprint density at radius 3 is 2.47 bits per heavy atom. The summed E-state index contributed by atoms with van der Waals surface area (Å²) >= 11 is 0. The number of carbonyl (C=O) groups is 1. The van der Waals surface area contributed by atoms with Gasteiger partial charge in [-0.3, -0.25) is 4.79 Å². The molecule has 0 atom stereocenters. The number of hydrogen-bond donors (Lipinski definition) is 1. The largest absolute Gasteiger partial charge is 0.358 e. The minimum atomic E-state index is 0.116. The fourth-order valence-electron chi connectivity index (χ4n) is 1.98. The van der Waals surface area contributed by atoms with Gasteiger partial charge in [0.25, 0.3) is 0 Å². The molecule has 2 heteroatoms. The normalized spacial score (nSPS) is 10.9. The third kappa shape index (κ3) is 1.46. The zero-order valence-electron chi connectivity index (χ0n) is 9.56. The Bertz CT molecular complexity index is 549. The van der Waals surface area contributed by atoms with Gasteiger partial charge in [0.1, 0.15) is 0 Å². The maximum absolute atomic E-state index is 11.5. The van der Waals surface area contributed by atoms with Gasteiger partial charge in [0.05, 0.1) is 5.52 Å². The summed E-state index contributed by atoms with van der Waals surface area (Å²) in [5, 5.41) is 1.16. The molecule has 2 nitrogen and oxygen atoms in total. The van der Waals surface area contributed by atoms with Crippen molar-refractivity contribution in [2.75, 3.05) is 0 Å². The summed E-state index contributed by atoms with van der Waals surface area (Å²) < 4.78 is 0. The van der Waals surface area contributed by atoms with Gasteiger partial charge in [-0.05, 0) is 51.0 Å². The van der Waals surface area contributed by atoms with Crippen molar-refractivity contribution in [1.29, 1.82) is 0 Å². The first kappa shape index (κ1) is 9.97. The maximum atomic E-state index is 11.5. The molecule has 0 saturated carbocycles. The Kier molecular flexibility index (Phi) is 2.14. The van der Waals surface area contributed by atoms with Crippen LogP contribution in [0.3, 0.4) is 0 Å².